The molecule has 1 aromatic heterocycles. The minimum absolute atomic E-state index is 0.234. The summed E-state index contributed by atoms with van der Waals surface area (Å²) in [5.74, 6) is -0.0243. The molecule has 1 amide bonds. The topological polar surface area (TPSA) is 64.0 Å². The van der Waals surface area contributed by atoms with Crippen LogP contribution in [0.15, 0.2) is 41.3 Å². The lowest BCUT2D eigenvalue weighted by Crippen LogP contribution is -2.35. The smallest absolute Gasteiger partial charge is 0.310 e. The van der Waals surface area contributed by atoms with E-state index in [1.165, 1.54) is 4.57 Å². The highest BCUT2D eigenvalue weighted by Gasteiger charge is 2.30. The summed E-state index contributed by atoms with van der Waals surface area (Å²) in [5.41, 5.74) is -0.433. The molecule has 110 valence electrons. The van der Waals surface area contributed by atoms with Crippen molar-refractivity contribution in [1.82, 2.24) is 9.55 Å². The van der Waals surface area contributed by atoms with Gasteiger partial charge < -0.3 is 9.88 Å². The van der Waals surface area contributed by atoms with E-state index in [0.29, 0.717) is 5.02 Å². The van der Waals surface area contributed by atoms with Gasteiger partial charge in [-0.25, -0.2) is 4.79 Å². The molecule has 21 heavy (non-hydrogen) atoms. The lowest BCUT2D eigenvalue weighted by Gasteiger charge is -2.24. The number of anilines is 1. The Hall–Kier alpha value is -2.14. The Balaban J connectivity index is 2.26. The molecule has 1 heterocycles. The van der Waals surface area contributed by atoms with Crippen LogP contribution in [-0.4, -0.2) is 15.5 Å². The Morgan fingerprint density at radius 1 is 1.33 bits per heavy atom. The number of benzene rings is 1. The van der Waals surface area contributed by atoms with E-state index in [4.69, 9.17) is 11.6 Å². The van der Waals surface area contributed by atoms with Gasteiger partial charge in [0, 0.05) is 18.3 Å². The van der Waals surface area contributed by atoms with Crippen LogP contribution in [0, 0.1) is 0 Å². The number of amides is 1. The Labute approximate surface area is 127 Å². The average molecular weight is 306 g/mol. The zero-order chi connectivity index (χ0) is 15.6. The highest BCUT2D eigenvalue weighted by molar-refractivity contribution is 6.30. The fraction of sp³-hybridized carbons (Fsp3) is 0.267. The number of nitrogens with zero attached hydrogens (tertiary/aromatic N) is 2. The lowest BCUT2D eigenvalue weighted by molar-refractivity contribution is -0.120. The maximum absolute atomic E-state index is 12.4. The number of hydrogen-bond acceptors (Lipinski definition) is 3. The second-order valence-electron chi connectivity index (χ2n) is 5.30. The summed E-state index contributed by atoms with van der Waals surface area (Å²) in [6.45, 7) is 3.57. The van der Waals surface area contributed by atoms with Crippen molar-refractivity contribution in [3.63, 3.8) is 0 Å². The van der Waals surface area contributed by atoms with E-state index in [0.717, 1.165) is 5.56 Å². The molecular weight excluding hydrogens is 290 g/mol. The summed E-state index contributed by atoms with van der Waals surface area (Å²) in [4.78, 5) is 27.7. The molecule has 0 spiro atoms. The van der Waals surface area contributed by atoms with Crippen molar-refractivity contribution in [2.75, 3.05) is 5.32 Å². The van der Waals surface area contributed by atoms with Crippen molar-refractivity contribution >= 4 is 23.3 Å². The molecular formula is C15H16ClN3O2. The van der Waals surface area contributed by atoms with Crippen LogP contribution in [0.25, 0.3) is 0 Å². The third-order valence-corrected chi connectivity index (χ3v) is 3.56. The Morgan fingerprint density at radius 3 is 2.67 bits per heavy atom. The zero-order valence-electron chi connectivity index (χ0n) is 12.1. The fourth-order valence-corrected chi connectivity index (χ4v) is 2.01. The van der Waals surface area contributed by atoms with Crippen LogP contribution in [0.4, 0.5) is 5.82 Å². The summed E-state index contributed by atoms with van der Waals surface area (Å²) in [5, 5.41) is 3.23. The van der Waals surface area contributed by atoms with Gasteiger partial charge in [0.2, 0.25) is 5.91 Å². The highest BCUT2D eigenvalue weighted by Crippen LogP contribution is 2.26. The van der Waals surface area contributed by atoms with E-state index in [1.807, 2.05) is 6.07 Å². The number of aryl methyl sites for hydroxylation is 1. The van der Waals surface area contributed by atoms with Crippen molar-refractivity contribution in [2.24, 2.45) is 7.05 Å². The van der Waals surface area contributed by atoms with Gasteiger partial charge in [-0.3, -0.25) is 4.79 Å². The standard InChI is InChI=1S/C15H16ClN3O2/c1-15(2,10-5-4-6-11(16)9-10)13(20)17-12-7-8-19(3)14(21)18-12/h4-9H,1-3H3,(H,17,18,20,21). The minimum Gasteiger partial charge on any atom is -0.310 e. The van der Waals surface area contributed by atoms with E-state index in [2.05, 4.69) is 10.3 Å². The van der Waals surface area contributed by atoms with Gasteiger partial charge in [0.1, 0.15) is 5.82 Å². The summed E-state index contributed by atoms with van der Waals surface area (Å²) >= 11 is 5.97. The molecule has 0 saturated carbocycles. The van der Waals surface area contributed by atoms with E-state index >= 15 is 0 Å². The summed E-state index contributed by atoms with van der Waals surface area (Å²) < 4.78 is 1.33. The molecule has 0 unspecified atom stereocenters. The number of nitrogens with one attached hydrogen (secondary N) is 1. The highest BCUT2D eigenvalue weighted by atomic mass is 35.5. The van der Waals surface area contributed by atoms with E-state index in [1.54, 1.807) is 51.4 Å². The molecule has 0 atom stereocenters. The van der Waals surface area contributed by atoms with Gasteiger partial charge in [-0.15, -0.1) is 0 Å². The van der Waals surface area contributed by atoms with Gasteiger partial charge in [0.05, 0.1) is 5.41 Å². The molecule has 5 nitrogen and oxygen atoms in total. The number of carbonyl (C=O) groups excluding carboxylic acids is 1. The molecule has 1 aromatic carbocycles. The molecule has 2 rings (SSSR count). The number of rotatable bonds is 3. The Kier molecular flexibility index (Phi) is 4.14. The van der Waals surface area contributed by atoms with Crippen LogP contribution in [-0.2, 0) is 17.3 Å². The van der Waals surface area contributed by atoms with Crippen LogP contribution < -0.4 is 11.0 Å². The molecule has 0 bridgehead atoms. The third kappa shape index (κ3) is 3.31. The molecule has 6 heteroatoms. The van der Waals surface area contributed by atoms with Crippen molar-refractivity contribution in [3.05, 3.63) is 57.6 Å². The van der Waals surface area contributed by atoms with Crippen LogP contribution >= 0.6 is 11.6 Å². The quantitative estimate of drug-likeness (QED) is 0.946. The zero-order valence-corrected chi connectivity index (χ0v) is 12.8. The first kappa shape index (κ1) is 15.3. The number of carbonyl (C=O) groups is 1. The van der Waals surface area contributed by atoms with E-state index in [9.17, 15) is 9.59 Å². The van der Waals surface area contributed by atoms with Crippen LogP contribution in [0.3, 0.4) is 0 Å². The summed E-state index contributed by atoms with van der Waals surface area (Å²) in [7, 11) is 1.59. The number of halogens is 1. The first-order chi connectivity index (χ1) is 9.80. The molecule has 2 aromatic rings. The van der Waals surface area contributed by atoms with Gasteiger partial charge in [-0.05, 0) is 37.6 Å². The Morgan fingerprint density at radius 2 is 2.05 bits per heavy atom. The van der Waals surface area contributed by atoms with Crippen molar-refractivity contribution in [1.29, 1.82) is 0 Å². The van der Waals surface area contributed by atoms with Crippen molar-refractivity contribution in [3.8, 4) is 0 Å². The van der Waals surface area contributed by atoms with Crippen LogP contribution in [0.1, 0.15) is 19.4 Å². The second kappa shape index (κ2) is 5.69. The van der Waals surface area contributed by atoms with Gasteiger partial charge in [-0.1, -0.05) is 23.7 Å². The van der Waals surface area contributed by atoms with Gasteiger partial charge >= 0.3 is 5.69 Å². The average Bonchev–Trinajstić information content (AvgIpc) is 2.43. The molecule has 0 radical (unpaired) electrons. The first-order valence-corrected chi connectivity index (χ1v) is 6.79. The summed E-state index contributed by atoms with van der Waals surface area (Å²) in [6, 6.07) is 8.71. The molecule has 0 aliphatic carbocycles. The molecule has 0 aliphatic rings. The number of hydrogen-bond donors (Lipinski definition) is 1. The fourth-order valence-electron chi connectivity index (χ4n) is 1.82. The van der Waals surface area contributed by atoms with Crippen LogP contribution in [0.2, 0.25) is 5.02 Å². The third-order valence-electron chi connectivity index (χ3n) is 3.33. The molecule has 0 aliphatic heterocycles. The lowest BCUT2D eigenvalue weighted by atomic mass is 9.84. The maximum Gasteiger partial charge on any atom is 0.349 e. The monoisotopic (exact) mass is 305 g/mol. The second-order valence-corrected chi connectivity index (χ2v) is 5.73. The minimum atomic E-state index is -0.798. The van der Waals surface area contributed by atoms with Gasteiger partial charge in [-0.2, -0.15) is 4.98 Å². The van der Waals surface area contributed by atoms with Crippen molar-refractivity contribution < 1.29 is 4.79 Å². The molecule has 0 saturated heterocycles. The largest absolute Gasteiger partial charge is 0.349 e. The SMILES string of the molecule is Cn1ccc(NC(=O)C(C)(C)c2cccc(Cl)c2)nc1=O. The van der Waals surface area contributed by atoms with Crippen molar-refractivity contribution in [2.45, 2.75) is 19.3 Å². The van der Waals surface area contributed by atoms with E-state index < -0.39 is 11.1 Å². The number of aromatic nitrogens is 2. The maximum atomic E-state index is 12.4. The Bertz CT molecular complexity index is 738. The molecule has 1 N–H and O–H groups in total. The van der Waals surface area contributed by atoms with Gasteiger partial charge in [0.25, 0.3) is 0 Å². The van der Waals surface area contributed by atoms with Gasteiger partial charge in [0.15, 0.2) is 0 Å². The van der Waals surface area contributed by atoms with E-state index in [-0.39, 0.29) is 11.7 Å². The first-order valence-electron chi connectivity index (χ1n) is 6.42. The normalized spacial score (nSPS) is 11.2. The predicted molar refractivity (Wildman–Crippen MR) is 82.6 cm³/mol. The summed E-state index contributed by atoms with van der Waals surface area (Å²) in [6.07, 6.45) is 1.55. The predicted octanol–water partition coefficient (Wildman–Crippen LogP) is 2.35. The van der Waals surface area contributed by atoms with Crippen LogP contribution in [0.5, 0.6) is 0 Å². The molecule has 0 fully saturated rings.